The number of fused-ring (bicyclic) bond motifs is 1. The molecule has 1 aliphatic rings. The summed E-state index contributed by atoms with van der Waals surface area (Å²) in [7, 11) is 0. The number of hydrogen-bond acceptors (Lipinski definition) is 5. The van der Waals surface area contributed by atoms with Crippen LogP contribution in [0.15, 0.2) is 48.5 Å². The van der Waals surface area contributed by atoms with Gasteiger partial charge in [0, 0.05) is 24.2 Å². The van der Waals surface area contributed by atoms with Gasteiger partial charge in [0.2, 0.25) is 5.91 Å². The molecule has 0 fully saturated rings. The number of rotatable bonds is 6. The molecule has 8 nitrogen and oxygen atoms in total. The Morgan fingerprint density at radius 1 is 1.14 bits per heavy atom. The number of aliphatic carboxylic acids is 1. The third kappa shape index (κ3) is 3.61. The van der Waals surface area contributed by atoms with Gasteiger partial charge in [0.1, 0.15) is 0 Å². The largest absolute Gasteiger partial charge is 0.481 e. The van der Waals surface area contributed by atoms with E-state index in [0.29, 0.717) is 30.9 Å². The Bertz CT molecular complexity index is 1050. The minimum absolute atomic E-state index is 0.0893. The van der Waals surface area contributed by atoms with E-state index in [9.17, 15) is 14.7 Å². The van der Waals surface area contributed by atoms with Crippen LogP contribution in [0.4, 0.5) is 5.69 Å². The first kappa shape index (κ1) is 18.8. The second-order valence-electron chi connectivity index (χ2n) is 7.33. The molecule has 148 valence electrons. The predicted octanol–water partition coefficient (Wildman–Crippen LogP) is 2.56. The Balaban J connectivity index is 1.51. The summed E-state index contributed by atoms with van der Waals surface area (Å²) in [5, 5.41) is 24.3. The van der Waals surface area contributed by atoms with E-state index in [0.717, 1.165) is 16.7 Å². The van der Waals surface area contributed by atoms with Crippen LogP contribution in [-0.2, 0) is 29.0 Å². The van der Waals surface area contributed by atoms with E-state index < -0.39 is 11.4 Å². The average Bonchev–Trinajstić information content (AvgIpc) is 3.32. The smallest absolute Gasteiger partial charge is 0.310 e. The van der Waals surface area contributed by atoms with Crippen LogP contribution in [0.3, 0.4) is 0 Å². The van der Waals surface area contributed by atoms with Crippen molar-refractivity contribution in [2.24, 2.45) is 5.41 Å². The van der Waals surface area contributed by atoms with Crippen molar-refractivity contribution < 1.29 is 14.7 Å². The Morgan fingerprint density at radius 2 is 1.86 bits per heavy atom. The molecule has 2 aromatic carbocycles. The van der Waals surface area contributed by atoms with Crippen molar-refractivity contribution in [2.75, 3.05) is 5.32 Å². The van der Waals surface area contributed by atoms with Gasteiger partial charge in [-0.1, -0.05) is 36.4 Å². The van der Waals surface area contributed by atoms with Crippen LogP contribution in [0, 0.1) is 5.41 Å². The minimum atomic E-state index is -1.11. The van der Waals surface area contributed by atoms with Gasteiger partial charge in [-0.3, -0.25) is 9.59 Å². The van der Waals surface area contributed by atoms with Crippen LogP contribution < -0.4 is 5.32 Å². The molecule has 1 heterocycles. The molecule has 1 aromatic heterocycles. The molecule has 1 amide bonds. The van der Waals surface area contributed by atoms with Crippen molar-refractivity contribution in [1.82, 2.24) is 20.2 Å². The summed E-state index contributed by atoms with van der Waals surface area (Å²) in [4.78, 5) is 24.8. The summed E-state index contributed by atoms with van der Waals surface area (Å²) in [6.45, 7) is 2.57. The van der Waals surface area contributed by atoms with Gasteiger partial charge < -0.3 is 10.4 Å². The summed E-state index contributed by atoms with van der Waals surface area (Å²) in [5.74, 6) is -0.663. The van der Waals surface area contributed by atoms with Crippen molar-refractivity contribution >= 4 is 17.6 Å². The average molecular weight is 391 g/mol. The molecule has 0 radical (unpaired) electrons. The van der Waals surface area contributed by atoms with Crippen molar-refractivity contribution in [1.29, 1.82) is 0 Å². The lowest BCUT2D eigenvalue weighted by Crippen LogP contribution is -2.36. The lowest BCUT2D eigenvalue weighted by molar-refractivity contribution is -0.150. The normalized spacial score (nSPS) is 14.4. The summed E-state index contributed by atoms with van der Waals surface area (Å²) in [6.07, 6.45) is 0.627. The predicted molar refractivity (Wildman–Crippen MR) is 106 cm³/mol. The van der Waals surface area contributed by atoms with E-state index in [2.05, 4.69) is 20.8 Å². The van der Waals surface area contributed by atoms with Crippen LogP contribution in [-0.4, -0.2) is 37.2 Å². The number of aromatic nitrogens is 4. The molecule has 2 N–H and O–H groups in total. The molecule has 0 bridgehead atoms. The van der Waals surface area contributed by atoms with Crippen LogP contribution in [0.5, 0.6) is 0 Å². The van der Waals surface area contributed by atoms with E-state index in [-0.39, 0.29) is 12.3 Å². The Labute approximate surface area is 167 Å². The van der Waals surface area contributed by atoms with E-state index in [1.54, 1.807) is 22.9 Å². The van der Waals surface area contributed by atoms with Crippen molar-refractivity contribution in [3.63, 3.8) is 0 Å². The summed E-state index contributed by atoms with van der Waals surface area (Å²) in [6, 6.07) is 14.9. The molecule has 8 heteroatoms. The molecule has 0 atom stereocenters. The molecule has 0 saturated heterocycles. The molecule has 4 rings (SSSR count). The third-order valence-corrected chi connectivity index (χ3v) is 5.36. The van der Waals surface area contributed by atoms with Crippen molar-refractivity contribution in [3.05, 3.63) is 59.7 Å². The molecule has 0 aliphatic heterocycles. The number of carbonyl (C=O) groups excluding carboxylic acids is 1. The maximum absolute atomic E-state index is 12.7. The Morgan fingerprint density at radius 3 is 2.52 bits per heavy atom. The number of carbonyl (C=O) groups is 2. The quantitative estimate of drug-likeness (QED) is 0.668. The first-order valence-corrected chi connectivity index (χ1v) is 9.47. The molecular weight excluding hydrogens is 370 g/mol. The fourth-order valence-corrected chi connectivity index (χ4v) is 3.92. The van der Waals surface area contributed by atoms with Crippen LogP contribution in [0.2, 0.25) is 0 Å². The number of benzene rings is 2. The minimum Gasteiger partial charge on any atom is -0.481 e. The zero-order valence-corrected chi connectivity index (χ0v) is 16.0. The molecule has 0 spiro atoms. The standard InChI is InChI=1S/C21H21N5O3/c1-2-26-19(23-24-25-26)14-8-5-9-17(10-14)22-18(27)13-21(20(28)29)11-15-6-3-4-7-16(15)12-21/h3-10H,2,11-13H2,1H3,(H,22,27)(H,28,29). The lowest BCUT2D eigenvalue weighted by atomic mass is 9.81. The van der Waals surface area contributed by atoms with Crippen LogP contribution in [0.25, 0.3) is 11.4 Å². The molecule has 3 aromatic rings. The van der Waals surface area contributed by atoms with Gasteiger partial charge in [0.15, 0.2) is 5.82 Å². The number of aryl methyl sites for hydroxylation is 1. The van der Waals surface area contributed by atoms with Crippen LogP contribution >= 0.6 is 0 Å². The summed E-state index contributed by atoms with van der Waals surface area (Å²) >= 11 is 0. The van der Waals surface area contributed by atoms with Gasteiger partial charge in [0.25, 0.3) is 0 Å². The van der Waals surface area contributed by atoms with Gasteiger partial charge in [-0.2, -0.15) is 0 Å². The molecule has 0 saturated carbocycles. The topological polar surface area (TPSA) is 110 Å². The number of tetrazole rings is 1. The molecule has 1 aliphatic carbocycles. The van der Waals surface area contributed by atoms with Gasteiger partial charge in [-0.05, 0) is 53.5 Å². The lowest BCUT2D eigenvalue weighted by Gasteiger charge is -2.23. The van der Waals surface area contributed by atoms with Crippen LogP contribution in [0.1, 0.15) is 24.5 Å². The highest BCUT2D eigenvalue weighted by molar-refractivity contribution is 5.95. The first-order valence-electron chi connectivity index (χ1n) is 9.47. The van der Waals surface area contributed by atoms with E-state index in [4.69, 9.17) is 0 Å². The Kier molecular flexibility index (Phi) is 4.84. The van der Waals surface area contributed by atoms with Crippen molar-refractivity contribution in [3.8, 4) is 11.4 Å². The first-order chi connectivity index (χ1) is 14.0. The number of nitrogens with one attached hydrogen (secondary N) is 1. The van der Waals surface area contributed by atoms with E-state index >= 15 is 0 Å². The monoisotopic (exact) mass is 391 g/mol. The zero-order valence-electron chi connectivity index (χ0n) is 16.0. The highest BCUT2D eigenvalue weighted by Gasteiger charge is 2.45. The molecular formula is C21H21N5O3. The van der Waals surface area contributed by atoms with E-state index in [1.807, 2.05) is 37.3 Å². The fourth-order valence-electron chi connectivity index (χ4n) is 3.92. The van der Waals surface area contributed by atoms with Crippen molar-refractivity contribution in [2.45, 2.75) is 32.7 Å². The van der Waals surface area contributed by atoms with E-state index in [1.165, 1.54) is 0 Å². The number of carboxylic acids is 1. The molecule has 29 heavy (non-hydrogen) atoms. The summed E-state index contributed by atoms with van der Waals surface area (Å²) in [5.41, 5.74) is 2.23. The summed E-state index contributed by atoms with van der Waals surface area (Å²) < 4.78 is 1.66. The number of hydrogen-bond donors (Lipinski definition) is 2. The number of amides is 1. The maximum Gasteiger partial charge on any atom is 0.310 e. The second kappa shape index (κ2) is 7.46. The number of anilines is 1. The van der Waals surface area contributed by atoms with Gasteiger partial charge >= 0.3 is 5.97 Å². The number of nitrogens with zero attached hydrogens (tertiary/aromatic N) is 4. The SMILES string of the molecule is CCn1nnnc1-c1cccc(NC(=O)CC2(C(=O)O)Cc3ccccc3C2)c1. The highest BCUT2D eigenvalue weighted by atomic mass is 16.4. The van der Waals surface area contributed by atoms with Gasteiger partial charge in [-0.15, -0.1) is 5.10 Å². The zero-order chi connectivity index (χ0) is 20.4. The maximum atomic E-state index is 12.7. The van der Waals surface area contributed by atoms with Gasteiger partial charge in [0.05, 0.1) is 5.41 Å². The number of carboxylic acid groups (broad SMARTS) is 1. The van der Waals surface area contributed by atoms with Gasteiger partial charge in [-0.25, -0.2) is 4.68 Å². The fraction of sp³-hybridized carbons (Fsp3) is 0.286. The third-order valence-electron chi connectivity index (χ3n) is 5.36. The highest BCUT2D eigenvalue weighted by Crippen LogP contribution is 2.40. The second-order valence-corrected chi connectivity index (χ2v) is 7.33. The molecule has 0 unspecified atom stereocenters. The Hall–Kier alpha value is -3.55.